The number of carbonyl (C=O) groups excluding carboxylic acids is 3. The van der Waals surface area contributed by atoms with Gasteiger partial charge in [-0.2, -0.15) is 34.9 Å². The molecule has 32 nitrogen and oxygen atoms in total. The number of aryl methyl sites for hydroxylation is 5. The van der Waals surface area contributed by atoms with Gasteiger partial charge in [-0.1, -0.05) is 85.2 Å². The molecule has 11 fully saturated rings. The van der Waals surface area contributed by atoms with Gasteiger partial charge >= 0.3 is 36.3 Å². The maximum absolute atomic E-state index is 13.2. The predicted octanol–water partition coefficient (Wildman–Crippen LogP) is 21.9. The van der Waals surface area contributed by atoms with Gasteiger partial charge in [0.15, 0.2) is 0 Å². The number of phenols is 1. The first kappa shape index (κ1) is 107. The van der Waals surface area contributed by atoms with Crippen LogP contribution in [0, 0.1) is 46.5 Å². The molecule has 10 saturated heterocycles. The number of nitrogens with zero attached hydrogens (tertiary/aromatic N) is 22. The molecule has 8 bridgehead atoms. The number of aromatic nitrogens is 12. The minimum absolute atomic E-state index is 0. The highest BCUT2D eigenvalue weighted by atomic mass is 127. The van der Waals surface area contributed by atoms with Gasteiger partial charge in [0.25, 0.3) is 0 Å². The molecule has 11 aliphatic rings. The number of likely N-dealkylation sites (tertiary alicyclic amines) is 3. The van der Waals surface area contributed by atoms with Crippen molar-refractivity contribution in [1.82, 2.24) is 89.2 Å². The van der Waals surface area contributed by atoms with Gasteiger partial charge in [-0.15, -0.1) is 24.0 Å². The molecule has 8 unspecified atom stereocenters. The van der Waals surface area contributed by atoms with E-state index in [0.717, 1.165) is 219 Å². The Bertz CT molecular complexity index is 6930. The third-order valence-electron chi connectivity index (χ3n) is 31.3. The van der Waals surface area contributed by atoms with Crippen molar-refractivity contribution in [3.63, 3.8) is 0 Å². The number of aromatic hydroxyl groups is 1. The van der Waals surface area contributed by atoms with E-state index >= 15 is 0 Å². The number of carbonyl (C=O) groups is 3. The fourth-order valence-electron chi connectivity index (χ4n) is 24.0. The largest absolute Gasteiger partial charge is 0.508 e. The van der Waals surface area contributed by atoms with Crippen LogP contribution >= 0.6 is 58.8 Å². The standard InChI is InChI=1S/C36H44N6O3.C31H35N5O2.C25H35ClN6O3.C19H23Cl2N5O2.CH4.HI.H2/c1-22-16-24-10-7-8-12-28(24)29(17-22)31-23(2)32-30(18-37-31)33(39-34(38-32)44-21-27-11-9-15-40(27)6)41-19-25-13-14-26(20-41)42(25)35(43)45-36(3,4)5;1-19-28(26-14-24(37)13-22-6-3-4-8-25(22)26)32-15-27-29(19)33-31(38-18-23-7-5-11-35(23)2)34-30(27)36-16-20-9-10-21(12-20)17-36;1-15-20-19(11-27-21(15)26)22(29-23(28-20)34-14-18-7-6-10-30(18)5)31-12-16-8-9-17(13-31)32(16)24(33)35-25(2,3)4;1-10-14-13(7-22-15(10)20)16(24-17(21)23-14)25-8-11-5-6-12(9-25)26(11)18(27)28-19(2,3)4;;;/h7-8,10,12,16-18,25-27H,9,11,13-15,19-21H2,1-6H3;3-4,6,8,13-15,20-21,23,37H,5,7,9-12,16-18H2,1-2H3;11,16-18H,6-10,12-14H2,1-5H3;7,11-12H,5-6,8-9H2,1-4H3;1H4;2*1H/t25?,26?,27-;20?,21?,23-;16?,17?,18-;;;;/m000..../s1. The van der Waals surface area contributed by atoms with Crippen LogP contribution in [0.4, 0.5) is 37.7 Å². The van der Waals surface area contributed by atoms with Crippen molar-refractivity contribution in [3.05, 3.63) is 141 Å². The zero-order valence-corrected chi connectivity index (χ0v) is 92.2. The number of phenolic OH excluding ortho intramolecular Hbond substituents is 1. The molecule has 23 rings (SSSR count). The Hall–Kier alpha value is -11.0. The molecule has 10 aliphatic heterocycles. The number of amides is 3. The number of pyridine rings is 4. The van der Waals surface area contributed by atoms with Gasteiger partial charge in [0.1, 0.15) is 76.0 Å². The van der Waals surface area contributed by atoms with Crippen molar-refractivity contribution in [2.45, 2.75) is 272 Å². The van der Waals surface area contributed by atoms with Gasteiger partial charge in [-0.3, -0.25) is 24.7 Å². The van der Waals surface area contributed by atoms with Crippen LogP contribution in [0.15, 0.2) is 97.6 Å². The molecule has 12 aromatic rings. The molecule has 3 amide bonds. The van der Waals surface area contributed by atoms with Crippen molar-refractivity contribution in [2.24, 2.45) is 11.8 Å². The predicted molar refractivity (Wildman–Crippen MR) is 598 cm³/mol. The van der Waals surface area contributed by atoms with Crippen LogP contribution in [0.25, 0.3) is 87.7 Å². The number of hydrogen-bond donors (Lipinski definition) is 1. The minimum Gasteiger partial charge on any atom is -0.508 e. The molecule has 1 N–H and O–H groups in total. The minimum atomic E-state index is -0.528. The average molecular weight is 2190 g/mol. The number of halogens is 4. The van der Waals surface area contributed by atoms with Gasteiger partial charge in [0.05, 0.1) is 91.3 Å². The van der Waals surface area contributed by atoms with E-state index in [0.29, 0.717) is 111 Å². The second kappa shape index (κ2) is 43.8. The Kier molecular flexibility index (Phi) is 31.6. The molecular formula is C112H144Cl3IN22O10. The molecule has 0 radical (unpaired) electrons. The average Bonchev–Trinajstić information content (AvgIpc) is 1.17. The fraction of sp³-hybridized carbons (Fsp3) is 0.545. The van der Waals surface area contributed by atoms with E-state index in [2.05, 4.69) is 139 Å². The quantitative estimate of drug-likeness (QED) is 0.0431. The number of piperazine rings is 3. The highest BCUT2D eigenvalue weighted by Crippen LogP contribution is 2.47. The first-order valence-corrected chi connectivity index (χ1v) is 53.4. The summed E-state index contributed by atoms with van der Waals surface area (Å²) in [7, 11) is 6.45. The number of piperidine rings is 1. The van der Waals surface area contributed by atoms with Gasteiger partial charge in [0.2, 0.25) is 5.28 Å². The third-order valence-corrected chi connectivity index (χ3v) is 32.2. The van der Waals surface area contributed by atoms with E-state index < -0.39 is 16.8 Å². The van der Waals surface area contributed by atoms with Crippen LogP contribution in [-0.4, -0.2) is 297 Å². The molecule has 148 heavy (non-hydrogen) atoms. The third kappa shape index (κ3) is 22.7. The van der Waals surface area contributed by atoms with Gasteiger partial charge in [-0.05, 0) is 303 Å². The maximum Gasteiger partial charge on any atom is 0.410 e. The molecule has 1 saturated carbocycles. The fourth-order valence-corrected chi connectivity index (χ4v) is 24.5. The summed E-state index contributed by atoms with van der Waals surface area (Å²) in [5.41, 5.74) is 10.2. The topological polar surface area (TPSA) is 314 Å². The maximum atomic E-state index is 13.2. The van der Waals surface area contributed by atoms with Crippen LogP contribution in [0.1, 0.15) is 195 Å². The van der Waals surface area contributed by atoms with Gasteiger partial charge in [0, 0.05) is 130 Å². The van der Waals surface area contributed by atoms with Crippen LogP contribution in [0.5, 0.6) is 23.8 Å². The number of hydrogen-bond acceptors (Lipinski definition) is 29. The first-order valence-electron chi connectivity index (χ1n) is 52.2. The summed E-state index contributed by atoms with van der Waals surface area (Å²) < 4.78 is 35.9. The normalized spacial score (nSPS) is 22.8. The van der Waals surface area contributed by atoms with Crippen molar-refractivity contribution >= 4 is 165 Å². The molecule has 790 valence electrons. The number of likely N-dealkylation sites (N-methyl/N-ethyl adjacent to an activating group) is 3. The number of rotatable bonds is 15. The monoisotopic (exact) mass is 2190 g/mol. The van der Waals surface area contributed by atoms with E-state index in [9.17, 15) is 19.5 Å². The van der Waals surface area contributed by atoms with E-state index in [1.54, 1.807) is 24.5 Å². The molecule has 1 aliphatic carbocycles. The molecule has 8 aromatic heterocycles. The Morgan fingerprint density at radius 1 is 0.385 bits per heavy atom. The highest BCUT2D eigenvalue weighted by molar-refractivity contribution is 14.0. The van der Waals surface area contributed by atoms with Crippen molar-refractivity contribution in [3.8, 4) is 46.3 Å². The molecule has 4 aromatic carbocycles. The summed E-state index contributed by atoms with van der Waals surface area (Å²) >= 11 is 18.7. The van der Waals surface area contributed by atoms with E-state index in [1.807, 2.05) is 121 Å². The summed E-state index contributed by atoms with van der Waals surface area (Å²) in [5, 5.41) is 19.5. The number of ether oxygens (including phenoxy) is 6. The van der Waals surface area contributed by atoms with Crippen LogP contribution in [0.2, 0.25) is 15.6 Å². The van der Waals surface area contributed by atoms with E-state index in [4.69, 9.17) is 103 Å². The zero-order chi connectivity index (χ0) is 102. The second-order valence-electron chi connectivity index (χ2n) is 45.2. The van der Waals surface area contributed by atoms with E-state index in [-0.39, 0.29) is 98.4 Å². The summed E-state index contributed by atoms with van der Waals surface area (Å²) in [6.45, 7) is 38.3. The molecule has 18 heterocycles. The summed E-state index contributed by atoms with van der Waals surface area (Å²) in [5.74, 6) is 5.01. The van der Waals surface area contributed by atoms with E-state index in [1.165, 1.54) is 54.9 Å². The van der Waals surface area contributed by atoms with Crippen LogP contribution in [-0.2, 0) is 14.2 Å². The van der Waals surface area contributed by atoms with Gasteiger partial charge in [-0.25, -0.2) is 29.3 Å². The van der Waals surface area contributed by atoms with Crippen LogP contribution in [0.3, 0.4) is 0 Å². The lowest BCUT2D eigenvalue weighted by atomic mass is 9.96. The lowest BCUT2D eigenvalue weighted by Gasteiger charge is -2.42. The SMILES string of the molecule is C.Cc1c(-c2cc(O)cc3ccccc23)ncc2c(N3CC4CCC(C4)C3)nc(OC[C@@H]3CCCN3C)nc12.Cc1c(Cl)ncc2c(N3CC4CCC(C3)N4C(=O)OC(C)(C)C)nc(Cl)nc12.Cc1c(Cl)ncc2c(N3CC4CCC(C3)N4C(=O)OC(C)(C)C)nc(OC[C@@H]3CCCN3C)nc12.Cc1cc(-c2ncc3c(N4CC5CCC(C4)N5C(=O)OC(C)(C)C)nc(OC[C@@H]4CCCN4C)nc3c2C)c2ccccc2c1.I.[HH]. The Morgan fingerprint density at radius 3 is 1.05 bits per heavy atom. The summed E-state index contributed by atoms with van der Waals surface area (Å²) in [6.07, 6.45) is 23.2. The highest BCUT2D eigenvalue weighted by Gasteiger charge is 2.50. The molecule has 11 atom stereocenters. The summed E-state index contributed by atoms with van der Waals surface area (Å²) in [4.78, 5) is 118. The molecule has 0 spiro atoms. The second-order valence-corrected chi connectivity index (χ2v) is 46.2. The van der Waals surface area contributed by atoms with Crippen LogP contribution < -0.4 is 33.8 Å². The Balaban J connectivity index is 0.000000136. The summed E-state index contributed by atoms with van der Waals surface area (Å²) in [6, 6.07) is 27.4. The molecular weight excluding hydrogens is 2050 g/mol. The van der Waals surface area contributed by atoms with Crippen molar-refractivity contribution in [1.29, 1.82) is 0 Å². The lowest BCUT2D eigenvalue weighted by molar-refractivity contribution is 0.0111. The Morgan fingerprint density at radius 2 is 0.703 bits per heavy atom. The Labute approximate surface area is 901 Å². The van der Waals surface area contributed by atoms with Crippen molar-refractivity contribution in [2.75, 3.05) is 133 Å². The van der Waals surface area contributed by atoms with Gasteiger partial charge < -0.3 is 67.8 Å². The first-order chi connectivity index (χ1) is 69.8. The smallest absolute Gasteiger partial charge is 0.410 e. The zero-order valence-electron chi connectivity index (χ0n) is 87.6. The number of anilines is 4. The van der Waals surface area contributed by atoms with Crippen molar-refractivity contribution < 1.29 is 49.3 Å². The molecule has 36 heteroatoms. The number of benzene rings is 4. The number of fused-ring (bicyclic) bond motifs is 14. The lowest BCUT2D eigenvalue weighted by Crippen LogP contribution is -2.57.